The predicted molar refractivity (Wildman–Crippen MR) is 94.6 cm³/mol. The van der Waals surface area contributed by atoms with Crippen LogP contribution in [0, 0.1) is 0 Å². The zero-order valence-electron chi connectivity index (χ0n) is 12.7. The van der Waals surface area contributed by atoms with Gasteiger partial charge in [-0.15, -0.1) is 0 Å². The Hall–Kier alpha value is -1.32. The van der Waals surface area contributed by atoms with Crippen molar-refractivity contribution in [3.63, 3.8) is 0 Å². The first-order chi connectivity index (χ1) is 11.1. The molecule has 0 aliphatic heterocycles. The van der Waals surface area contributed by atoms with Crippen LogP contribution < -0.4 is 4.72 Å². The molecule has 0 atom stereocenters. The van der Waals surface area contributed by atoms with Gasteiger partial charge in [-0.25, -0.2) is 21.1 Å². The Morgan fingerprint density at radius 1 is 0.958 bits per heavy atom. The lowest BCUT2D eigenvalue weighted by molar-refractivity contribution is 0.521. The van der Waals surface area contributed by atoms with Crippen LogP contribution in [0.25, 0.3) is 0 Å². The van der Waals surface area contributed by atoms with E-state index < -0.39 is 20.0 Å². The first kappa shape index (κ1) is 19.0. The van der Waals surface area contributed by atoms with Gasteiger partial charge in [0.15, 0.2) is 0 Å². The van der Waals surface area contributed by atoms with Crippen molar-refractivity contribution < 1.29 is 16.8 Å². The van der Waals surface area contributed by atoms with Gasteiger partial charge in [0.25, 0.3) is 10.0 Å². The van der Waals surface area contributed by atoms with E-state index in [1.165, 1.54) is 56.6 Å². The molecule has 0 aliphatic carbocycles. The Labute approximate surface area is 151 Å². The number of anilines is 1. The molecule has 0 saturated heterocycles. The normalized spacial score (nSPS) is 12.4. The molecule has 0 saturated carbocycles. The SMILES string of the molecule is CN(C)S(=O)(=O)c1cccc(NS(=O)(=O)c2cccc(Cl)c2Cl)c1. The number of rotatable bonds is 5. The smallest absolute Gasteiger partial charge is 0.263 e. The predicted octanol–water partition coefficient (Wildman–Crippen LogP) is 3.04. The fourth-order valence-electron chi connectivity index (χ4n) is 1.83. The molecule has 24 heavy (non-hydrogen) atoms. The molecule has 2 aromatic carbocycles. The average Bonchev–Trinajstić information content (AvgIpc) is 2.49. The molecule has 0 fully saturated rings. The number of halogens is 2. The van der Waals surface area contributed by atoms with Gasteiger partial charge in [0.1, 0.15) is 4.90 Å². The van der Waals surface area contributed by atoms with Gasteiger partial charge in [0.05, 0.1) is 20.6 Å². The quantitative estimate of drug-likeness (QED) is 0.823. The van der Waals surface area contributed by atoms with Crippen molar-refractivity contribution in [1.29, 1.82) is 0 Å². The molecule has 0 bridgehead atoms. The highest BCUT2D eigenvalue weighted by atomic mass is 35.5. The van der Waals surface area contributed by atoms with Gasteiger partial charge in [0.2, 0.25) is 10.0 Å². The lowest BCUT2D eigenvalue weighted by Crippen LogP contribution is -2.22. The first-order valence-corrected chi connectivity index (χ1v) is 10.2. The van der Waals surface area contributed by atoms with E-state index in [-0.39, 0.29) is 25.5 Å². The average molecular weight is 409 g/mol. The van der Waals surface area contributed by atoms with Gasteiger partial charge >= 0.3 is 0 Å². The largest absolute Gasteiger partial charge is 0.280 e. The van der Waals surface area contributed by atoms with E-state index >= 15 is 0 Å². The summed E-state index contributed by atoms with van der Waals surface area (Å²) in [7, 11) is -4.93. The van der Waals surface area contributed by atoms with Crippen molar-refractivity contribution in [2.45, 2.75) is 9.79 Å². The van der Waals surface area contributed by atoms with Crippen molar-refractivity contribution in [2.75, 3.05) is 18.8 Å². The van der Waals surface area contributed by atoms with Crippen molar-refractivity contribution in [3.8, 4) is 0 Å². The summed E-state index contributed by atoms with van der Waals surface area (Å²) < 4.78 is 52.5. The molecule has 0 spiro atoms. The number of hydrogen-bond acceptors (Lipinski definition) is 4. The molecule has 0 unspecified atom stereocenters. The number of nitrogens with one attached hydrogen (secondary N) is 1. The van der Waals surface area contributed by atoms with E-state index in [1.807, 2.05) is 0 Å². The standard InChI is InChI=1S/C14H14Cl2N2O4S2/c1-18(2)24(21,22)11-6-3-5-10(9-11)17-23(19,20)13-8-4-7-12(15)14(13)16/h3-9,17H,1-2H3. The number of sulfonamides is 2. The highest BCUT2D eigenvalue weighted by molar-refractivity contribution is 7.93. The van der Waals surface area contributed by atoms with Crippen molar-refractivity contribution in [3.05, 3.63) is 52.5 Å². The Morgan fingerprint density at radius 3 is 2.21 bits per heavy atom. The Balaban J connectivity index is 2.43. The summed E-state index contributed by atoms with van der Waals surface area (Å²) in [5.74, 6) is 0. The van der Waals surface area contributed by atoms with Crippen LogP contribution in [0.15, 0.2) is 52.3 Å². The van der Waals surface area contributed by atoms with E-state index in [1.54, 1.807) is 0 Å². The summed E-state index contributed by atoms with van der Waals surface area (Å²) in [5.41, 5.74) is 0.0916. The molecule has 10 heteroatoms. The van der Waals surface area contributed by atoms with E-state index in [4.69, 9.17) is 23.2 Å². The van der Waals surface area contributed by atoms with Crippen molar-refractivity contribution >= 4 is 48.9 Å². The minimum absolute atomic E-state index is 0.0371. The number of nitrogens with zero attached hydrogens (tertiary/aromatic N) is 1. The van der Waals surface area contributed by atoms with Crippen molar-refractivity contribution in [2.24, 2.45) is 0 Å². The van der Waals surface area contributed by atoms with Gasteiger partial charge in [-0.3, -0.25) is 4.72 Å². The summed E-state index contributed by atoms with van der Waals surface area (Å²) in [6.45, 7) is 0. The van der Waals surface area contributed by atoms with Gasteiger partial charge in [-0.2, -0.15) is 0 Å². The fraction of sp³-hybridized carbons (Fsp3) is 0.143. The van der Waals surface area contributed by atoms with Crippen LogP contribution in [0.3, 0.4) is 0 Å². The van der Waals surface area contributed by atoms with Crippen LogP contribution in [0.2, 0.25) is 10.0 Å². The molecule has 1 N–H and O–H groups in total. The highest BCUT2D eigenvalue weighted by Crippen LogP contribution is 2.30. The molecule has 0 aliphatic rings. The van der Waals surface area contributed by atoms with Gasteiger partial charge in [0, 0.05) is 14.1 Å². The molecule has 0 amide bonds. The molecular weight excluding hydrogens is 395 g/mol. The van der Waals surface area contributed by atoms with Crippen LogP contribution in [-0.2, 0) is 20.0 Å². The molecule has 0 aromatic heterocycles. The second-order valence-electron chi connectivity index (χ2n) is 4.97. The van der Waals surface area contributed by atoms with E-state index in [9.17, 15) is 16.8 Å². The van der Waals surface area contributed by atoms with Crippen LogP contribution in [0.4, 0.5) is 5.69 Å². The second kappa shape index (κ2) is 6.89. The lowest BCUT2D eigenvalue weighted by atomic mass is 10.3. The van der Waals surface area contributed by atoms with Crippen LogP contribution >= 0.6 is 23.2 Å². The molecular formula is C14H14Cl2N2O4S2. The molecule has 2 aromatic rings. The zero-order chi connectivity index (χ0) is 18.1. The van der Waals surface area contributed by atoms with Gasteiger partial charge in [-0.1, -0.05) is 35.3 Å². The Bertz CT molecular complexity index is 974. The fourth-order valence-corrected chi connectivity index (χ4v) is 4.59. The van der Waals surface area contributed by atoms with Crippen LogP contribution in [0.1, 0.15) is 0 Å². The maximum Gasteiger partial charge on any atom is 0.263 e. The maximum absolute atomic E-state index is 12.5. The van der Waals surface area contributed by atoms with Gasteiger partial charge < -0.3 is 0 Å². The summed E-state index contributed by atoms with van der Waals surface area (Å²) in [4.78, 5) is -0.234. The van der Waals surface area contributed by atoms with E-state index in [0.29, 0.717) is 0 Å². The monoisotopic (exact) mass is 408 g/mol. The van der Waals surface area contributed by atoms with Crippen LogP contribution in [0.5, 0.6) is 0 Å². The minimum atomic E-state index is -4.02. The molecule has 0 radical (unpaired) electrons. The van der Waals surface area contributed by atoms with Crippen molar-refractivity contribution in [1.82, 2.24) is 4.31 Å². The zero-order valence-corrected chi connectivity index (χ0v) is 15.8. The number of benzene rings is 2. The van der Waals surface area contributed by atoms with Crippen LogP contribution in [-0.4, -0.2) is 35.2 Å². The lowest BCUT2D eigenvalue weighted by Gasteiger charge is -2.14. The summed E-state index contributed by atoms with van der Waals surface area (Å²) in [6.07, 6.45) is 0. The highest BCUT2D eigenvalue weighted by Gasteiger charge is 2.21. The molecule has 6 nitrogen and oxygen atoms in total. The Kier molecular flexibility index (Phi) is 5.46. The maximum atomic E-state index is 12.5. The minimum Gasteiger partial charge on any atom is -0.280 e. The topological polar surface area (TPSA) is 83.6 Å². The summed E-state index contributed by atoms with van der Waals surface area (Å²) in [6, 6.07) is 9.70. The third-order valence-electron chi connectivity index (χ3n) is 3.07. The Morgan fingerprint density at radius 2 is 1.58 bits per heavy atom. The van der Waals surface area contributed by atoms with E-state index in [2.05, 4.69) is 4.72 Å². The van der Waals surface area contributed by atoms with E-state index in [0.717, 1.165) is 4.31 Å². The molecule has 2 rings (SSSR count). The third kappa shape index (κ3) is 3.84. The summed E-state index contributed by atoms with van der Waals surface area (Å²) in [5, 5.41) is -0.00721. The first-order valence-electron chi connectivity index (χ1n) is 6.55. The summed E-state index contributed by atoms with van der Waals surface area (Å²) >= 11 is 11.8. The molecule has 130 valence electrons. The molecule has 0 heterocycles. The third-order valence-corrected chi connectivity index (χ3v) is 7.24. The second-order valence-corrected chi connectivity index (χ2v) is 9.56. The van der Waals surface area contributed by atoms with Gasteiger partial charge in [-0.05, 0) is 30.3 Å². The number of hydrogen-bond donors (Lipinski definition) is 1.